The Hall–Kier alpha value is -6.39. The van der Waals surface area contributed by atoms with Crippen LogP contribution >= 0.6 is 0 Å². The average Bonchev–Trinajstić information content (AvgIpc) is 3.44. The highest BCUT2D eigenvalue weighted by Crippen LogP contribution is 2.36. The largest absolute Gasteiger partial charge is 0.450 e. The van der Waals surface area contributed by atoms with Crippen LogP contribution in [0.15, 0.2) is 212 Å². The molecule has 1 N–H and O–H groups in total. The predicted molar refractivity (Wildman–Crippen MR) is 272 cm³/mol. The van der Waals surface area contributed by atoms with Crippen molar-refractivity contribution < 1.29 is 57.3 Å². The Morgan fingerprint density at radius 2 is 0.699 bits per heavy atom. The first-order valence-electron chi connectivity index (χ1n) is 24.8. The summed E-state index contributed by atoms with van der Waals surface area (Å²) in [5, 5.41) is 12.1. The van der Waals surface area contributed by atoms with Gasteiger partial charge in [-0.3, -0.25) is 0 Å². The van der Waals surface area contributed by atoms with Gasteiger partial charge in [0.1, 0.15) is 42.7 Å². The number of esters is 1. The number of aliphatic hydroxyl groups excluding tert-OH is 1. The van der Waals surface area contributed by atoms with Crippen molar-refractivity contribution in [3.63, 3.8) is 0 Å². The Morgan fingerprint density at radius 3 is 1.11 bits per heavy atom. The van der Waals surface area contributed by atoms with Crippen LogP contribution in [0.2, 0.25) is 0 Å². The molecule has 378 valence electrons. The summed E-state index contributed by atoms with van der Waals surface area (Å²) < 4.78 is 67.5. The molecule has 0 unspecified atom stereocenters. The summed E-state index contributed by atoms with van der Waals surface area (Å²) in [6, 6.07) is 67.3. The fraction of sp³-hybridized carbons (Fsp3) is 0.295. The lowest BCUT2D eigenvalue weighted by molar-refractivity contribution is -0.370. The van der Waals surface area contributed by atoms with E-state index in [0.717, 1.165) is 33.4 Å². The van der Waals surface area contributed by atoms with E-state index >= 15 is 0 Å². The van der Waals surface area contributed by atoms with Gasteiger partial charge in [-0.05, 0) is 45.5 Å². The van der Waals surface area contributed by atoms with Gasteiger partial charge in [-0.1, -0.05) is 200 Å². The Morgan fingerprint density at radius 1 is 0.370 bits per heavy atom. The molecule has 0 amide bonds. The van der Waals surface area contributed by atoms with E-state index in [9.17, 15) is 9.90 Å². The van der Waals surface area contributed by atoms with Crippen molar-refractivity contribution in [2.24, 2.45) is 0 Å². The number of aliphatic hydroxyl groups is 1. The van der Waals surface area contributed by atoms with Gasteiger partial charge >= 0.3 is 5.97 Å². The van der Waals surface area contributed by atoms with E-state index in [0.29, 0.717) is 5.56 Å². The van der Waals surface area contributed by atoms with Gasteiger partial charge in [-0.25, -0.2) is 4.79 Å². The third kappa shape index (κ3) is 14.9. The maximum absolute atomic E-state index is 14.5. The standard InChI is InChI=1S/C61H62O12/c62-59(50-34-20-7-21-35-50)72-58-55(68-40-48-30-16-5-17-31-48)53(66-38-46-26-12-3-13-27-46)52(43-65-37-45-24-10-2-11-25-45)71-61(58)73-56-54(67-39-47-28-14-4-15-29-47)51(42-64-36-44-22-8-1-9-23-44)70-60(63)57(56)69-41-49-32-18-6-19-33-49/h1-35,51-58,60-61,63H,36-43H2/t51-,52-,53-,54-,55+,56+,57-,58-,60+,61+/m1/s1. The van der Waals surface area contributed by atoms with Crippen LogP contribution in [-0.4, -0.2) is 85.7 Å². The van der Waals surface area contributed by atoms with Gasteiger partial charge < -0.3 is 52.5 Å². The first kappa shape index (κ1) is 51.5. The minimum atomic E-state index is -1.53. The molecule has 2 fully saturated rings. The first-order chi connectivity index (χ1) is 36.0. The number of carbonyl (C=O) groups is 1. The second-order valence-electron chi connectivity index (χ2n) is 18.0. The Labute approximate surface area is 427 Å². The molecule has 7 aromatic rings. The molecule has 0 saturated carbocycles. The van der Waals surface area contributed by atoms with Crippen LogP contribution in [0.25, 0.3) is 0 Å². The van der Waals surface area contributed by atoms with E-state index in [1.54, 1.807) is 24.3 Å². The third-order valence-electron chi connectivity index (χ3n) is 12.7. The number of benzene rings is 7. The quantitative estimate of drug-likeness (QED) is 0.0579. The molecule has 0 spiro atoms. The molecule has 0 bridgehead atoms. The number of ether oxygens (including phenoxy) is 10. The SMILES string of the molecule is O=C(O[C@H]1[C@H](O[C@@H]2[C@@H](OCc3ccccc3)[C@@H](O)O[C@H](COCc3ccccc3)[C@H]2OCc2ccccc2)O[C@H](COCc2ccccc2)[C@@H](OCc2ccccc2)[C@@H]1OCc1ccccc1)c1ccccc1. The zero-order chi connectivity index (χ0) is 49.9. The van der Waals surface area contributed by atoms with E-state index in [-0.39, 0.29) is 52.9 Å². The number of rotatable bonds is 24. The highest BCUT2D eigenvalue weighted by atomic mass is 16.8. The van der Waals surface area contributed by atoms with Crippen molar-refractivity contribution in [3.8, 4) is 0 Å². The average molecular weight is 987 g/mol. The van der Waals surface area contributed by atoms with E-state index in [2.05, 4.69) is 0 Å². The smallest absolute Gasteiger partial charge is 0.338 e. The first-order valence-corrected chi connectivity index (χ1v) is 24.8. The molecular weight excluding hydrogens is 925 g/mol. The van der Waals surface area contributed by atoms with E-state index in [1.807, 2.05) is 188 Å². The summed E-state index contributed by atoms with van der Waals surface area (Å²) in [4.78, 5) is 14.5. The topological polar surface area (TPSA) is 130 Å². The molecule has 2 aliphatic heterocycles. The molecule has 2 saturated heterocycles. The van der Waals surface area contributed by atoms with Crippen LogP contribution in [0.5, 0.6) is 0 Å². The highest BCUT2D eigenvalue weighted by Gasteiger charge is 2.55. The summed E-state index contributed by atoms with van der Waals surface area (Å²) in [6.45, 7) is 1.16. The van der Waals surface area contributed by atoms with E-state index in [4.69, 9.17) is 47.4 Å². The van der Waals surface area contributed by atoms with Crippen molar-refractivity contribution in [1.29, 1.82) is 0 Å². The van der Waals surface area contributed by atoms with Gasteiger partial charge in [0.2, 0.25) is 0 Å². The Kier molecular flexibility index (Phi) is 19.1. The second-order valence-corrected chi connectivity index (χ2v) is 18.0. The molecule has 9 rings (SSSR count). The number of hydrogen-bond donors (Lipinski definition) is 1. The van der Waals surface area contributed by atoms with Gasteiger partial charge in [0.05, 0.1) is 58.4 Å². The lowest BCUT2D eigenvalue weighted by Crippen LogP contribution is -2.66. The van der Waals surface area contributed by atoms with Gasteiger partial charge in [0, 0.05) is 0 Å². The summed E-state index contributed by atoms with van der Waals surface area (Å²) >= 11 is 0. The van der Waals surface area contributed by atoms with Crippen molar-refractivity contribution in [3.05, 3.63) is 251 Å². The fourth-order valence-corrected chi connectivity index (χ4v) is 8.92. The molecule has 7 aromatic carbocycles. The minimum absolute atomic E-state index is 0.0167. The van der Waals surface area contributed by atoms with Crippen LogP contribution in [-0.2, 0) is 87.0 Å². The van der Waals surface area contributed by atoms with Crippen LogP contribution in [0, 0.1) is 0 Å². The molecular formula is C61H62O12. The molecule has 0 aliphatic carbocycles. The van der Waals surface area contributed by atoms with Crippen LogP contribution in [0.3, 0.4) is 0 Å². The number of carbonyl (C=O) groups excluding carboxylic acids is 1. The van der Waals surface area contributed by atoms with E-state index < -0.39 is 67.4 Å². The van der Waals surface area contributed by atoms with Gasteiger partial charge in [0.25, 0.3) is 0 Å². The summed E-state index contributed by atoms with van der Waals surface area (Å²) in [7, 11) is 0. The fourth-order valence-electron chi connectivity index (χ4n) is 8.92. The molecule has 12 heteroatoms. The number of hydrogen-bond acceptors (Lipinski definition) is 12. The zero-order valence-corrected chi connectivity index (χ0v) is 40.6. The van der Waals surface area contributed by atoms with E-state index in [1.165, 1.54) is 0 Å². The molecule has 73 heavy (non-hydrogen) atoms. The maximum Gasteiger partial charge on any atom is 0.338 e. The Bertz CT molecular complexity index is 2630. The monoisotopic (exact) mass is 986 g/mol. The van der Waals surface area contributed by atoms with Crippen LogP contribution in [0.4, 0.5) is 0 Å². The van der Waals surface area contributed by atoms with Gasteiger partial charge in [-0.2, -0.15) is 0 Å². The summed E-state index contributed by atoms with van der Waals surface area (Å²) in [5.41, 5.74) is 5.78. The molecule has 0 aromatic heterocycles. The van der Waals surface area contributed by atoms with Crippen molar-refractivity contribution in [2.45, 2.75) is 101 Å². The zero-order valence-electron chi connectivity index (χ0n) is 40.6. The third-order valence-corrected chi connectivity index (χ3v) is 12.7. The summed E-state index contributed by atoms with van der Waals surface area (Å²) in [6.07, 6.45) is -11.1. The second kappa shape index (κ2) is 27.1. The molecule has 2 aliphatic rings. The molecule has 10 atom stereocenters. The van der Waals surface area contributed by atoms with Gasteiger partial charge in [-0.15, -0.1) is 0 Å². The summed E-state index contributed by atoms with van der Waals surface area (Å²) in [5.74, 6) is -0.635. The molecule has 2 heterocycles. The highest BCUT2D eigenvalue weighted by molar-refractivity contribution is 5.89. The maximum atomic E-state index is 14.5. The normalized spacial score (nSPS) is 23.9. The Balaban J connectivity index is 1.11. The van der Waals surface area contributed by atoms with Crippen LogP contribution in [0.1, 0.15) is 43.7 Å². The lowest BCUT2D eigenvalue weighted by atomic mass is 9.95. The molecule has 12 nitrogen and oxygen atoms in total. The minimum Gasteiger partial charge on any atom is -0.450 e. The molecule has 0 radical (unpaired) electrons. The van der Waals surface area contributed by atoms with Crippen molar-refractivity contribution >= 4 is 5.97 Å². The van der Waals surface area contributed by atoms with Gasteiger partial charge in [0.15, 0.2) is 18.7 Å². The van der Waals surface area contributed by atoms with Crippen molar-refractivity contribution in [2.75, 3.05) is 13.2 Å². The lowest BCUT2D eigenvalue weighted by Gasteiger charge is -2.49. The van der Waals surface area contributed by atoms with Crippen molar-refractivity contribution in [1.82, 2.24) is 0 Å². The van der Waals surface area contributed by atoms with Crippen LogP contribution < -0.4 is 0 Å². The predicted octanol–water partition coefficient (Wildman–Crippen LogP) is 9.81.